The number of benzene rings is 1. The molecule has 1 aromatic carbocycles. The van der Waals surface area contributed by atoms with Gasteiger partial charge in [-0.2, -0.15) is 0 Å². The van der Waals surface area contributed by atoms with E-state index in [9.17, 15) is 4.79 Å². The molecule has 1 aliphatic carbocycles. The number of carbonyl (C=O) groups excluding carboxylic acids is 1. The summed E-state index contributed by atoms with van der Waals surface area (Å²) in [4.78, 5) is 14.6. The number of aryl methyl sites for hydroxylation is 4. The van der Waals surface area contributed by atoms with Gasteiger partial charge in [0.15, 0.2) is 0 Å². The third-order valence-corrected chi connectivity index (χ3v) is 5.09. The summed E-state index contributed by atoms with van der Waals surface area (Å²) in [7, 11) is 0. The molecule has 2 aromatic rings. The number of rotatable bonds is 2. The summed E-state index contributed by atoms with van der Waals surface area (Å²) >= 11 is 1.66. The topological polar surface area (TPSA) is 29.1 Å². The molecule has 1 N–H and O–H groups in total. The van der Waals surface area contributed by atoms with Gasteiger partial charge in [0.05, 0.1) is 4.88 Å². The van der Waals surface area contributed by atoms with Crippen LogP contribution < -0.4 is 5.32 Å². The predicted molar refractivity (Wildman–Crippen MR) is 84.8 cm³/mol. The first-order valence-electron chi connectivity index (χ1n) is 7.13. The summed E-state index contributed by atoms with van der Waals surface area (Å²) in [6.45, 7) is 4.09. The van der Waals surface area contributed by atoms with Crippen molar-refractivity contribution in [3.63, 3.8) is 0 Å². The predicted octanol–water partition coefficient (Wildman–Crippen LogP) is 4.50. The molecule has 1 amide bonds. The molecule has 0 fully saturated rings. The SMILES string of the molecule is Cc1ccc(NC(=O)c2cc3c(s2)CCCC3)c(C)c1. The van der Waals surface area contributed by atoms with Crippen LogP contribution in [0.25, 0.3) is 0 Å². The molecule has 1 aliphatic rings. The highest BCUT2D eigenvalue weighted by Crippen LogP contribution is 2.30. The second kappa shape index (κ2) is 5.41. The number of thiophene rings is 1. The Bertz CT molecular complexity index is 634. The standard InChI is InChI=1S/C17H19NOS/c1-11-7-8-14(12(2)9-11)18-17(19)16-10-13-5-3-4-6-15(13)20-16/h7-10H,3-6H2,1-2H3,(H,18,19). The molecule has 104 valence electrons. The zero-order valence-electron chi connectivity index (χ0n) is 12.0. The summed E-state index contributed by atoms with van der Waals surface area (Å²) in [6.07, 6.45) is 4.77. The van der Waals surface area contributed by atoms with Crippen LogP contribution >= 0.6 is 11.3 Å². The van der Waals surface area contributed by atoms with Crippen LogP contribution in [-0.4, -0.2) is 5.91 Å². The van der Waals surface area contributed by atoms with E-state index in [2.05, 4.69) is 24.4 Å². The molecule has 1 heterocycles. The third kappa shape index (κ3) is 2.63. The highest BCUT2D eigenvalue weighted by atomic mass is 32.1. The van der Waals surface area contributed by atoms with E-state index in [0.29, 0.717) is 0 Å². The van der Waals surface area contributed by atoms with Gasteiger partial charge in [-0.05, 0) is 62.8 Å². The summed E-state index contributed by atoms with van der Waals surface area (Å²) in [5.74, 6) is 0.0244. The van der Waals surface area contributed by atoms with Crippen molar-refractivity contribution in [1.82, 2.24) is 0 Å². The lowest BCUT2D eigenvalue weighted by atomic mass is 9.99. The van der Waals surface area contributed by atoms with Crippen LogP contribution in [0.5, 0.6) is 0 Å². The van der Waals surface area contributed by atoms with E-state index >= 15 is 0 Å². The molecule has 3 rings (SSSR count). The zero-order chi connectivity index (χ0) is 14.1. The van der Waals surface area contributed by atoms with Gasteiger partial charge in [-0.15, -0.1) is 11.3 Å². The average molecular weight is 285 g/mol. The fourth-order valence-corrected chi connectivity index (χ4v) is 3.89. The normalized spacial score (nSPS) is 13.9. The van der Waals surface area contributed by atoms with E-state index in [0.717, 1.165) is 29.0 Å². The van der Waals surface area contributed by atoms with Gasteiger partial charge in [0.25, 0.3) is 5.91 Å². The van der Waals surface area contributed by atoms with Crippen LogP contribution in [0.3, 0.4) is 0 Å². The minimum Gasteiger partial charge on any atom is -0.321 e. The van der Waals surface area contributed by atoms with E-state index in [1.54, 1.807) is 11.3 Å². The molecule has 0 saturated heterocycles. The molecule has 0 saturated carbocycles. The Morgan fingerprint density at radius 2 is 1.95 bits per heavy atom. The minimum absolute atomic E-state index is 0.0244. The van der Waals surface area contributed by atoms with Crippen LogP contribution in [-0.2, 0) is 12.8 Å². The zero-order valence-corrected chi connectivity index (χ0v) is 12.8. The largest absolute Gasteiger partial charge is 0.321 e. The van der Waals surface area contributed by atoms with Gasteiger partial charge in [0, 0.05) is 10.6 Å². The Kier molecular flexibility index (Phi) is 3.62. The Morgan fingerprint density at radius 1 is 1.15 bits per heavy atom. The molecule has 0 atom stereocenters. The fraction of sp³-hybridized carbons (Fsp3) is 0.353. The van der Waals surface area contributed by atoms with E-state index < -0.39 is 0 Å². The van der Waals surface area contributed by atoms with Gasteiger partial charge in [0.2, 0.25) is 0 Å². The second-order valence-electron chi connectivity index (χ2n) is 5.54. The molecule has 0 bridgehead atoms. The Labute approximate surface area is 123 Å². The van der Waals surface area contributed by atoms with Gasteiger partial charge in [0.1, 0.15) is 0 Å². The van der Waals surface area contributed by atoms with E-state index in [4.69, 9.17) is 0 Å². The van der Waals surface area contributed by atoms with E-state index in [1.807, 2.05) is 19.1 Å². The van der Waals surface area contributed by atoms with Crippen molar-refractivity contribution in [2.24, 2.45) is 0 Å². The van der Waals surface area contributed by atoms with E-state index in [1.165, 1.54) is 28.8 Å². The van der Waals surface area contributed by atoms with Gasteiger partial charge in [-0.3, -0.25) is 4.79 Å². The molecular formula is C17H19NOS. The van der Waals surface area contributed by atoms with Gasteiger partial charge >= 0.3 is 0 Å². The Hall–Kier alpha value is -1.61. The molecule has 3 heteroatoms. The number of fused-ring (bicyclic) bond motifs is 1. The van der Waals surface area contributed by atoms with Crippen molar-refractivity contribution in [2.75, 3.05) is 5.32 Å². The average Bonchev–Trinajstić information content (AvgIpc) is 2.86. The maximum absolute atomic E-state index is 12.4. The van der Waals surface area contributed by atoms with Crippen LogP contribution in [0, 0.1) is 13.8 Å². The van der Waals surface area contributed by atoms with Crippen LogP contribution in [0.1, 0.15) is 44.1 Å². The number of carbonyl (C=O) groups is 1. The number of hydrogen-bond acceptors (Lipinski definition) is 2. The molecular weight excluding hydrogens is 266 g/mol. The lowest BCUT2D eigenvalue weighted by molar-refractivity contribution is 0.103. The molecule has 20 heavy (non-hydrogen) atoms. The van der Waals surface area contributed by atoms with Crippen molar-refractivity contribution >= 4 is 22.9 Å². The first-order valence-corrected chi connectivity index (χ1v) is 7.95. The van der Waals surface area contributed by atoms with Gasteiger partial charge in [-0.1, -0.05) is 17.7 Å². The molecule has 2 nitrogen and oxygen atoms in total. The van der Waals surface area contributed by atoms with Crippen molar-refractivity contribution in [3.8, 4) is 0 Å². The maximum Gasteiger partial charge on any atom is 0.265 e. The number of nitrogens with one attached hydrogen (secondary N) is 1. The Morgan fingerprint density at radius 3 is 2.70 bits per heavy atom. The quantitative estimate of drug-likeness (QED) is 0.865. The highest BCUT2D eigenvalue weighted by molar-refractivity contribution is 7.14. The second-order valence-corrected chi connectivity index (χ2v) is 6.68. The minimum atomic E-state index is 0.0244. The van der Waals surface area contributed by atoms with Crippen molar-refractivity contribution in [3.05, 3.63) is 50.7 Å². The smallest absolute Gasteiger partial charge is 0.265 e. The molecule has 0 radical (unpaired) electrons. The lowest BCUT2D eigenvalue weighted by Crippen LogP contribution is -2.11. The number of hydrogen-bond donors (Lipinski definition) is 1. The molecule has 0 spiro atoms. The maximum atomic E-state index is 12.4. The van der Waals surface area contributed by atoms with Crippen LogP contribution in [0.15, 0.2) is 24.3 Å². The summed E-state index contributed by atoms with van der Waals surface area (Å²) in [5.41, 5.74) is 4.62. The number of anilines is 1. The number of amides is 1. The van der Waals surface area contributed by atoms with Crippen molar-refractivity contribution in [2.45, 2.75) is 39.5 Å². The summed E-state index contributed by atoms with van der Waals surface area (Å²) in [6, 6.07) is 8.19. The molecule has 0 unspecified atom stereocenters. The summed E-state index contributed by atoms with van der Waals surface area (Å²) < 4.78 is 0. The monoisotopic (exact) mass is 285 g/mol. The Balaban J connectivity index is 1.80. The van der Waals surface area contributed by atoms with Crippen LogP contribution in [0.4, 0.5) is 5.69 Å². The van der Waals surface area contributed by atoms with Gasteiger partial charge < -0.3 is 5.32 Å². The summed E-state index contributed by atoms with van der Waals surface area (Å²) in [5, 5.41) is 3.03. The van der Waals surface area contributed by atoms with Crippen molar-refractivity contribution < 1.29 is 4.79 Å². The molecule has 1 aromatic heterocycles. The first-order chi connectivity index (χ1) is 9.63. The molecule has 0 aliphatic heterocycles. The van der Waals surface area contributed by atoms with Crippen LogP contribution in [0.2, 0.25) is 0 Å². The highest BCUT2D eigenvalue weighted by Gasteiger charge is 2.17. The van der Waals surface area contributed by atoms with E-state index in [-0.39, 0.29) is 5.91 Å². The fourth-order valence-electron chi connectivity index (χ4n) is 2.74. The van der Waals surface area contributed by atoms with Gasteiger partial charge in [-0.25, -0.2) is 0 Å². The first kappa shape index (κ1) is 13.4. The van der Waals surface area contributed by atoms with Crippen molar-refractivity contribution in [1.29, 1.82) is 0 Å². The third-order valence-electron chi connectivity index (χ3n) is 3.85. The lowest BCUT2D eigenvalue weighted by Gasteiger charge is -2.08.